The van der Waals surface area contributed by atoms with Crippen molar-refractivity contribution in [1.82, 2.24) is 4.90 Å². The summed E-state index contributed by atoms with van der Waals surface area (Å²) in [5.41, 5.74) is 1.26. The molecule has 0 aromatic heterocycles. The van der Waals surface area contributed by atoms with E-state index in [1.54, 1.807) is 24.3 Å². The first-order valence-electron chi connectivity index (χ1n) is 8.92. The molecule has 0 spiro atoms. The molecule has 0 saturated carbocycles. The average molecular weight is 340 g/mol. The van der Waals surface area contributed by atoms with Crippen LogP contribution in [0.3, 0.4) is 0 Å². The van der Waals surface area contributed by atoms with Gasteiger partial charge in [0.1, 0.15) is 0 Å². The molecular formula is C20H24N2O3. The van der Waals surface area contributed by atoms with Crippen LogP contribution in [0.5, 0.6) is 0 Å². The molecule has 1 fully saturated rings. The number of nitrogens with one attached hydrogen (secondary N) is 1. The van der Waals surface area contributed by atoms with Crippen LogP contribution in [0.25, 0.3) is 0 Å². The van der Waals surface area contributed by atoms with Crippen LogP contribution in [0, 0.1) is 11.8 Å². The van der Waals surface area contributed by atoms with Crippen LogP contribution in [-0.4, -0.2) is 35.6 Å². The van der Waals surface area contributed by atoms with Crippen LogP contribution in [0.2, 0.25) is 0 Å². The number of anilines is 1. The second kappa shape index (κ2) is 7.64. The predicted molar refractivity (Wildman–Crippen MR) is 96.2 cm³/mol. The van der Waals surface area contributed by atoms with Crippen molar-refractivity contribution in [3.63, 3.8) is 0 Å². The Morgan fingerprint density at radius 3 is 2.16 bits per heavy atom. The number of rotatable bonds is 4. The number of Topliss-reactive ketones (excluding diaryl/α,β-unsaturated/α-hetero) is 1. The number of carbonyl (C=O) groups excluding carboxylic acids is 3. The lowest BCUT2D eigenvalue weighted by molar-refractivity contribution is -0.139. The number of allylic oxidation sites excluding steroid dienone is 2. The lowest BCUT2D eigenvalue weighted by Crippen LogP contribution is -2.42. The van der Waals surface area contributed by atoms with Crippen LogP contribution < -0.4 is 5.32 Å². The first-order chi connectivity index (χ1) is 12.1. The highest BCUT2D eigenvalue weighted by Gasteiger charge is 2.37. The van der Waals surface area contributed by atoms with Crippen molar-refractivity contribution < 1.29 is 14.4 Å². The summed E-state index contributed by atoms with van der Waals surface area (Å²) in [7, 11) is 0. The molecule has 1 N–H and O–H groups in total. The number of ketones is 1. The van der Waals surface area contributed by atoms with Gasteiger partial charge in [-0.1, -0.05) is 12.2 Å². The third kappa shape index (κ3) is 3.98. The van der Waals surface area contributed by atoms with Crippen LogP contribution in [0.4, 0.5) is 5.69 Å². The van der Waals surface area contributed by atoms with Gasteiger partial charge in [0.2, 0.25) is 11.8 Å². The standard InChI is InChI=1S/C20H24N2O3/c1-14(23)15-8-10-16(11-9-15)21-19(24)17-6-2-3-7-18(17)20(25)22-12-4-5-13-22/h2-3,8-11,17-18H,4-7,12-13H2,1H3,(H,21,24). The molecule has 1 heterocycles. The van der Waals surface area contributed by atoms with Crippen molar-refractivity contribution in [2.45, 2.75) is 32.6 Å². The summed E-state index contributed by atoms with van der Waals surface area (Å²) in [4.78, 5) is 38.7. The largest absolute Gasteiger partial charge is 0.342 e. The van der Waals surface area contributed by atoms with E-state index in [0.29, 0.717) is 24.1 Å². The molecule has 132 valence electrons. The number of amides is 2. The van der Waals surface area contributed by atoms with E-state index >= 15 is 0 Å². The van der Waals surface area contributed by atoms with Crippen LogP contribution in [-0.2, 0) is 9.59 Å². The number of hydrogen-bond acceptors (Lipinski definition) is 3. The minimum Gasteiger partial charge on any atom is -0.342 e. The molecule has 0 radical (unpaired) electrons. The maximum Gasteiger partial charge on any atom is 0.228 e. The van der Waals surface area contributed by atoms with E-state index in [0.717, 1.165) is 25.9 Å². The first-order valence-corrected chi connectivity index (χ1v) is 8.92. The molecule has 1 aliphatic heterocycles. The minimum atomic E-state index is -0.342. The number of hydrogen-bond donors (Lipinski definition) is 1. The SMILES string of the molecule is CC(=O)c1ccc(NC(=O)C2CC=CCC2C(=O)N2CCCC2)cc1. The number of carbonyl (C=O) groups is 3. The molecule has 1 aromatic rings. The van der Waals surface area contributed by atoms with Gasteiger partial charge >= 0.3 is 0 Å². The highest BCUT2D eigenvalue weighted by atomic mass is 16.2. The van der Waals surface area contributed by atoms with Crippen molar-refractivity contribution in [3.05, 3.63) is 42.0 Å². The molecule has 5 nitrogen and oxygen atoms in total. The molecule has 1 aromatic carbocycles. The Bertz CT molecular complexity index is 687. The number of benzene rings is 1. The second-order valence-electron chi connectivity index (χ2n) is 6.81. The second-order valence-corrected chi connectivity index (χ2v) is 6.81. The molecule has 1 aliphatic carbocycles. The highest BCUT2D eigenvalue weighted by molar-refractivity contribution is 5.98. The zero-order valence-electron chi connectivity index (χ0n) is 14.5. The Labute approximate surface area is 148 Å². The molecule has 5 heteroatoms. The molecule has 2 unspecified atom stereocenters. The van der Waals surface area contributed by atoms with Crippen molar-refractivity contribution in [2.24, 2.45) is 11.8 Å². The Morgan fingerprint density at radius 2 is 1.56 bits per heavy atom. The summed E-state index contributed by atoms with van der Waals surface area (Å²) in [5, 5.41) is 2.90. The lowest BCUT2D eigenvalue weighted by Gasteiger charge is -2.30. The van der Waals surface area contributed by atoms with E-state index in [-0.39, 0.29) is 29.4 Å². The molecule has 0 bridgehead atoms. The fourth-order valence-electron chi connectivity index (χ4n) is 3.57. The lowest BCUT2D eigenvalue weighted by atomic mass is 9.81. The summed E-state index contributed by atoms with van der Waals surface area (Å²) in [6.07, 6.45) is 7.29. The fraction of sp³-hybridized carbons (Fsp3) is 0.450. The summed E-state index contributed by atoms with van der Waals surface area (Å²) in [6.45, 7) is 3.12. The Kier molecular flexibility index (Phi) is 5.31. The van der Waals surface area contributed by atoms with E-state index < -0.39 is 0 Å². The summed E-state index contributed by atoms with van der Waals surface area (Å²) >= 11 is 0. The van der Waals surface area contributed by atoms with E-state index in [4.69, 9.17) is 0 Å². The minimum absolute atomic E-state index is 0.00781. The Balaban J connectivity index is 1.69. The van der Waals surface area contributed by atoms with Gasteiger partial charge in [-0.2, -0.15) is 0 Å². The van der Waals surface area contributed by atoms with Gasteiger partial charge in [-0.15, -0.1) is 0 Å². The number of likely N-dealkylation sites (tertiary alicyclic amines) is 1. The normalized spacial score (nSPS) is 22.7. The van der Waals surface area contributed by atoms with Gasteiger partial charge in [0.15, 0.2) is 5.78 Å². The smallest absolute Gasteiger partial charge is 0.228 e. The maximum atomic E-state index is 12.8. The topological polar surface area (TPSA) is 66.5 Å². The Morgan fingerprint density at radius 1 is 0.960 bits per heavy atom. The van der Waals surface area contributed by atoms with Crippen molar-refractivity contribution in [1.29, 1.82) is 0 Å². The first kappa shape index (κ1) is 17.4. The third-order valence-electron chi connectivity index (χ3n) is 5.06. The monoisotopic (exact) mass is 340 g/mol. The van der Waals surface area contributed by atoms with Crippen molar-refractivity contribution >= 4 is 23.3 Å². The third-order valence-corrected chi connectivity index (χ3v) is 5.06. The molecule has 2 amide bonds. The average Bonchev–Trinajstić information content (AvgIpc) is 3.16. The van der Waals surface area contributed by atoms with Gasteiger partial charge in [-0.25, -0.2) is 0 Å². The van der Waals surface area contributed by atoms with Gasteiger partial charge < -0.3 is 10.2 Å². The van der Waals surface area contributed by atoms with Gasteiger partial charge in [-0.05, 0) is 56.9 Å². The Hall–Kier alpha value is -2.43. The quantitative estimate of drug-likeness (QED) is 0.677. The van der Waals surface area contributed by atoms with Gasteiger partial charge in [0.25, 0.3) is 0 Å². The van der Waals surface area contributed by atoms with E-state index in [1.165, 1.54) is 6.92 Å². The van der Waals surface area contributed by atoms with Gasteiger partial charge in [0.05, 0.1) is 11.8 Å². The van der Waals surface area contributed by atoms with E-state index in [9.17, 15) is 14.4 Å². The number of nitrogens with zero attached hydrogens (tertiary/aromatic N) is 1. The zero-order valence-corrected chi connectivity index (χ0v) is 14.5. The fourth-order valence-corrected chi connectivity index (χ4v) is 3.57. The molecule has 25 heavy (non-hydrogen) atoms. The predicted octanol–water partition coefficient (Wildman–Crippen LogP) is 3.03. The van der Waals surface area contributed by atoms with Crippen LogP contribution in [0.1, 0.15) is 43.0 Å². The van der Waals surface area contributed by atoms with Crippen molar-refractivity contribution in [3.8, 4) is 0 Å². The molecular weight excluding hydrogens is 316 g/mol. The maximum absolute atomic E-state index is 12.8. The zero-order chi connectivity index (χ0) is 17.8. The van der Waals surface area contributed by atoms with Gasteiger partial charge in [0, 0.05) is 24.3 Å². The van der Waals surface area contributed by atoms with E-state index in [2.05, 4.69) is 5.32 Å². The summed E-state index contributed by atoms with van der Waals surface area (Å²) < 4.78 is 0. The van der Waals surface area contributed by atoms with Crippen molar-refractivity contribution in [2.75, 3.05) is 18.4 Å². The van der Waals surface area contributed by atoms with E-state index in [1.807, 2.05) is 17.1 Å². The summed E-state index contributed by atoms with van der Waals surface area (Å²) in [6, 6.07) is 6.85. The molecule has 2 aliphatic rings. The van der Waals surface area contributed by atoms with Gasteiger partial charge in [-0.3, -0.25) is 14.4 Å². The van der Waals surface area contributed by atoms with Crippen LogP contribution in [0.15, 0.2) is 36.4 Å². The molecule has 2 atom stereocenters. The molecule has 1 saturated heterocycles. The highest BCUT2D eigenvalue weighted by Crippen LogP contribution is 2.30. The molecule has 3 rings (SSSR count). The summed E-state index contributed by atoms with van der Waals surface area (Å²) in [5.74, 6) is -0.650. The van der Waals surface area contributed by atoms with Crippen LogP contribution >= 0.6 is 0 Å².